The SMILES string of the molecule is CC(C)[C@H]1CCN2C(=O)[C@@H](NC(=O)NC(C(=O)N(C)S(=O)(=O)c3cccs3)C(C)(C)C)CCCCCCCCC[C@@H](C(=O)C(N)=O)NC(=O)[C@H]12. The number of fused-ring (bicyclic) bond motifs is 1. The molecule has 5 N–H and O–H groups in total. The van der Waals surface area contributed by atoms with Crippen molar-refractivity contribution in [1.29, 1.82) is 0 Å². The van der Waals surface area contributed by atoms with E-state index in [1.165, 1.54) is 11.0 Å². The fraction of sp³-hybridized carbons (Fsp3) is 0.706. The first-order valence-corrected chi connectivity index (χ1v) is 19.8. The Balaban J connectivity index is 1.90. The molecule has 3 heterocycles. The first-order chi connectivity index (χ1) is 23.4. The lowest BCUT2D eigenvalue weighted by Gasteiger charge is -2.35. The molecule has 0 saturated carbocycles. The molecule has 2 aliphatic heterocycles. The molecule has 2 aliphatic rings. The van der Waals surface area contributed by atoms with Crippen LogP contribution in [-0.4, -0.2) is 90.8 Å². The number of rotatable bonds is 8. The molecular formula is C34H54N6O8S2. The Bertz CT molecular complexity index is 1490. The second-order valence-corrected chi connectivity index (χ2v) is 17.9. The van der Waals surface area contributed by atoms with E-state index in [2.05, 4.69) is 16.0 Å². The van der Waals surface area contributed by atoms with E-state index in [1.54, 1.807) is 32.2 Å². The smallest absolute Gasteiger partial charge is 0.316 e. The molecule has 1 unspecified atom stereocenters. The van der Waals surface area contributed by atoms with Gasteiger partial charge in [-0.3, -0.25) is 24.0 Å². The van der Waals surface area contributed by atoms with Crippen LogP contribution in [0.2, 0.25) is 0 Å². The van der Waals surface area contributed by atoms with Gasteiger partial charge < -0.3 is 26.6 Å². The van der Waals surface area contributed by atoms with Gasteiger partial charge in [-0.15, -0.1) is 11.3 Å². The highest BCUT2D eigenvalue weighted by atomic mass is 32.2. The molecule has 5 atom stereocenters. The second kappa shape index (κ2) is 17.6. The molecule has 280 valence electrons. The van der Waals surface area contributed by atoms with Crippen molar-refractivity contribution in [3.8, 4) is 0 Å². The largest absolute Gasteiger partial charge is 0.363 e. The van der Waals surface area contributed by atoms with Gasteiger partial charge in [0.25, 0.3) is 21.8 Å². The Morgan fingerprint density at radius 1 is 1.00 bits per heavy atom. The lowest BCUT2D eigenvalue weighted by molar-refractivity contribution is -0.143. The number of nitrogens with one attached hydrogen (secondary N) is 3. The Kier molecular flexibility index (Phi) is 14.4. The molecule has 1 aromatic heterocycles. The zero-order chi connectivity index (χ0) is 37.4. The number of nitrogens with zero attached hydrogens (tertiary/aromatic N) is 2. The predicted molar refractivity (Wildman–Crippen MR) is 189 cm³/mol. The van der Waals surface area contributed by atoms with Crippen LogP contribution in [0, 0.1) is 17.3 Å². The van der Waals surface area contributed by atoms with Crippen molar-refractivity contribution in [1.82, 2.24) is 25.2 Å². The Morgan fingerprint density at radius 3 is 2.14 bits per heavy atom. The number of thiophene rings is 1. The van der Waals surface area contributed by atoms with Gasteiger partial charge in [0.15, 0.2) is 0 Å². The molecule has 3 rings (SSSR count). The fourth-order valence-electron chi connectivity index (χ4n) is 6.66. The standard InChI is InChI=1S/C34H54N6O8S2/c1-21(2)22-18-19-40-26(22)30(43)36-23(27(41)29(35)42)15-12-10-8-7-9-11-13-16-24(31(40)44)37-33(46)38-28(34(3,4)5)32(45)39(6)50(47,48)25-17-14-20-49-25/h14,17,20-24,26,28H,7-13,15-16,18-19H2,1-6H3,(H2,35,42)(H,36,43)(H2,37,38,46)/t22-,23+,24+,26+,28?/m1/s1. The topological polar surface area (TPSA) is 205 Å². The molecule has 0 aromatic carbocycles. The number of carbonyl (C=O) groups is 6. The number of ketones is 1. The number of urea groups is 1. The van der Waals surface area contributed by atoms with E-state index >= 15 is 0 Å². The van der Waals surface area contributed by atoms with E-state index in [-0.39, 0.29) is 35.4 Å². The van der Waals surface area contributed by atoms with Crippen LogP contribution in [0.3, 0.4) is 0 Å². The molecule has 0 aliphatic carbocycles. The van der Waals surface area contributed by atoms with Gasteiger partial charge in [0.05, 0.1) is 6.04 Å². The summed E-state index contributed by atoms with van der Waals surface area (Å²) in [6.07, 6.45) is 6.57. The van der Waals surface area contributed by atoms with Crippen LogP contribution >= 0.6 is 11.3 Å². The van der Waals surface area contributed by atoms with E-state index in [0.717, 1.165) is 50.5 Å². The maximum atomic E-state index is 14.3. The van der Waals surface area contributed by atoms with E-state index in [4.69, 9.17) is 5.73 Å². The minimum absolute atomic E-state index is 0.00449. The zero-order valence-electron chi connectivity index (χ0n) is 30.0. The molecule has 0 bridgehead atoms. The van der Waals surface area contributed by atoms with Crippen LogP contribution in [0.4, 0.5) is 4.79 Å². The van der Waals surface area contributed by atoms with Crippen LogP contribution in [0.5, 0.6) is 0 Å². The van der Waals surface area contributed by atoms with Crippen molar-refractivity contribution in [3.63, 3.8) is 0 Å². The molecule has 6 amide bonds. The highest BCUT2D eigenvalue weighted by molar-refractivity contribution is 7.91. The van der Waals surface area contributed by atoms with Crippen LogP contribution in [0.15, 0.2) is 21.7 Å². The van der Waals surface area contributed by atoms with Gasteiger partial charge in [-0.05, 0) is 48.0 Å². The molecule has 0 spiro atoms. The summed E-state index contributed by atoms with van der Waals surface area (Å²) >= 11 is 0.969. The lowest BCUT2D eigenvalue weighted by Crippen LogP contribution is -2.61. The van der Waals surface area contributed by atoms with Crippen molar-refractivity contribution in [2.45, 2.75) is 127 Å². The molecular weight excluding hydrogens is 685 g/mol. The number of primary amides is 1. The second-order valence-electron chi connectivity index (χ2n) is 14.7. The lowest BCUT2D eigenvalue weighted by atomic mass is 9.86. The van der Waals surface area contributed by atoms with Gasteiger partial charge >= 0.3 is 6.03 Å². The van der Waals surface area contributed by atoms with E-state index in [1.807, 2.05) is 13.8 Å². The van der Waals surface area contributed by atoms with Gasteiger partial charge in [-0.2, -0.15) is 0 Å². The Morgan fingerprint density at radius 2 is 1.60 bits per heavy atom. The third kappa shape index (κ3) is 10.3. The number of amides is 6. The average Bonchev–Trinajstić information content (AvgIpc) is 3.74. The first kappa shape index (κ1) is 40.9. The van der Waals surface area contributed by atoms with Crippen molar-refractivity contribution < 1.29 is 37.2 Å². The minimum Gasteiger partial charge on any atom is -0.363 e. The van der Waals surface area contributed by atoms with Gasteiger partial charge in [-0.1, -0.05) is 85.6 Å². The number of carbonyl (C=O) groups excluding carboxylic acids is 6. The number of hydrogen-bond acceptors (Lipinski definition) is 9. The average molecular weight is 739 g/mol. The van der Waals surface area contributed by atoms with Crippen molar-refractivity contribution in [3.05, 3.63) is 17.5 Å². The summed E-state index contributed by atoms with van der Waals surface area (Å²) in [5, 5.41) is 9.69. The molecule has 2 fully saturated rings. The summed E-state index contributed by atoms with van der Waals surface area (Å²) in [6, 6.07) is -2.28. The van der Waals surface area contributed by atoms with Crippen molar-refractivity contribution in [2.75, 3.05) is 13.6 Å². The third-order valence-electron chi connectivity index (χ3n) is 9.63. The number of nitrogens with two attached hydrogens (primary N) is 1. The minimum atomic E-state index is -4.16. The van der Waals surface area contributed by atoms with Crippen LogP contribution in [-0.2, 0) is 34.0 Å². The molecule has 1 aromatic rings. The first-order valence-electron chi connectivity index (χ1n) is 17.5. The predicted octanol–water partition coefficient (Wildman–Crippen LogP) is 2.91. The van der Waals surface area contributed by atoms with E-state index in [9.17, 15) is 37.2 Å². The van der Waals surface area contributed by atoms with Crippen LogP contribution in [0.1, 0.15) is 98.8 Å². The normalized spacial score (nSPS) is 23.8. The fourth-order valence-corrected chi connectivity index (χ4v) is 8.96. The Hall–Kier alpha value is -3.53. The summed E-state index contributed by atoms with van der Waals surface area (Å²) in [5.41, 5.74) is 4.40. The quantitative estimate of drug-likeness (QED) is 0.291. The van der Waals surface area contributed by atoms with Gasteiger partial charge in [0, 0.05) is 13.6 Å². The zero-order valence-corrected chi connectivity index (χ0v) is 31.7. The molecule has 2 saturated heterocycles. The van der Waals surface area contributed by atoms with Crippen LogP contribution in [0.25, 0.3) is 0 Å². The number of Topliss-reactive ketones (excluding diaryl/α,β-unsaturated/α-hetero) is 1. The third-order valence-corrected chi connectivity index (χ3v) is 12.8. The summed E-state index contributed by atoms with van der Waals surface area (Å²) in [4.78, 5) is 81.4. The maximum absolute atomic E-state index is 14.3. The van der Waals surface area contributed by atoms with Crippen molar-refractivity contribution in [2.24, 2.45) is 23.0 Å². The monoisotopic (exact) mass is 738 g/mol. The molecule has 0 radical (unpaired) electrons. The maximum Gasteiger partial charge on any atom is 0.316 e. The van der Waals surface area contributed by atoms with E-state index in [0.29, 0.717) is 23.6 Å². The van der Waals surface area contributed by atoms with Crippen LogP contribution < -0.4 is 21.7 Å². The summed E-state index contributed by atoms with van der Waals surface area (Å²) in [5.74, 6) is -4.16. The van der Waals surface area contributed by atoms with Gasteiger partial charge in [0.1, 0.15) is 22.3 Å². The highest BCUT2D eigenvalue weighted by Gasteiger charge is 2.46. The summed E-state index contributed by atoms with van der Waals surface area (Å²) < 4.78 is 26.9. The van der Waals surface area contributed by atoms with E-state index < -0.39 is 75.0 Å². The molecule has 14 nitrogen and oxygen atoms in total. The molecule has 50 heavy (non-hydrogen) atoms. The van der Waals surface area contributed by atoms with Gasteiger partial charge in [-0.25, -0.2) is 17.5 Å². The molecule has 16 heteroatoms. The summed E-state index contributed by atoms with van der Waals surface area (Å²) in [7, 11) is -3.02. The summed E-state index contributed by atoms with van der Waals surface area (Å²) in [6.45, 7) is 9.19. The number of hydrogen-bond donors (Lipinski definition) is 4. The number of likely N-dealkylation sites (N-methyl/N-ethyl adjacent to an activating group) is 1. The highest BCUT2D eigenvalue weighted by Crippen LogP contribution is 2.32. The van der Waals surface area contributed by atoms with Crippen molar-refractivity contribution >= 4 is 56.8 Å². The Labute approximate surface area is 299 Å². The van der Waals surface area contributed by atoms with Gasteiger partial charge in [0.2, 0.25) is 17.6 Å². The number of sulfonamides is 1.